The Morgan fingerprint density at radius 3 is 2.88 bits per heavy atom. The van der Waals surface area contributed by atoms with Gasteiger partial charge in [0.15, 0.2) is 5.82 Å². The first-order valence-electron chi connectivity index (χ1n) is 7.40. The average Bonchev–Trinajstić information content (AvgIpc) is 3.32. The molecule has 0 aliphatic carbocycles. The van der Waals surface area contributed by atoms with Crippen LogP contribution in [0.25, 0.3) is 39.1 Å². The quantitative estimate of drug-likeness (QED) is 0.513. The zero-order chi connectivity index (χ0) is 16.1. The summed E-state index contributed by atoms with van der Waals surface area (Å²) in [5, 5.41) is 9.00. The Hall–Kier alpha value is -3.12. The van der Waals surface area contributed by atoms with Crippen molar-refractivity contribution in [3.05, 3.63) is 60.1 Å². The molecule has 0 saturated heterocycles. The Kier molecular flexibility index (Phi) is 2.74. The third kappa shape index (κ3) is 2.00. The minimum absolute atomic E-state index is 0.670. The molecule has 0 spiro atoms. The largest absolute Gasteiger partial charge is 0.337 e. The van der Waals surface area contributed by atoms with Gasteiger partial charge in [0.25, 0.3) is 0 Å². The maximum absolute atomic E-state index is 6.11. The van der Waals surface area contributed by atoms with Gasteiger partial charge in [-0.3, -0.25) is 5.10 Å². The summed E-state index contributed by atoms with van der Waals surface area (Å²) in [7, 11) is 0. The van der Waals surface area contributed by atoms with Gasteiger partial charge in [0, 0.05) is 28.5 Å². The second-order valence-electron chi connectivity index (χ2n) is 5.52. The van der Waals surface area contributed by atoms with Gasteiger partial charge in [0.05, 0.1) is 22.9 Å². The lowest BCUT2D eigenvalue weighted by molar-refractivity contribution is 1.06. The van der Waals surface area contributed by atoms with Crippen molar-refractivity contribution in [3.63, 3.8) is 0 Å². The van der Waals surface area contributed by atoms with E-state index in [1.165, 1.54) is 0 Å². The standard InChI is InChI=1S/C17H11ClN6/c18-10-1-3-13-12(7-10)16(23-22-13)17-20-14-4-2-11(8-15(14)21-17)24-6-5-19-9-24/h1-9H,(H,20,21)(H,22,23). The number of hydrogen-bond donors (Lipinski definition) is 2. The molecule has 0 saturated carbocycles. The molecule has 7 heteroatoms. The predicted molar refractivity (Wildman–Crippen MR) is 93.3 cm³/mol. The number of nitrogens with one attached hydrogen (secondary N) is 2. The van der Waals surface area contributed by atoms with Crippen LogP contribution >= 0.6 is 11.6 Å². The lowest BCUT2D eigenvalue weighted by atomic mass is 10.2. The number of halogens is 1. The van der Waals surface area contributed by atoms with Crippen LogP contribution in [-0.4, -0.2) is 29.7 Å². The topological polar surface area (TPSA) is 75.2 Å². The zero-order valence-electron chi connectivity index (χ0n) is 12.4. The van der Waals surface area contributed by atoms with Gasteiger partial charge >= 0.3 is 0 Å². The molecule has 2 N–H and O–H groups in total. The van der Waals surface area contributed by atoms with Crippen LogP contribution < -0.4 is 0 Å². The molecule has 0 radical (unpaired) electrons. The third-order valence-electron chi connectivity index (χ3n) is 4.02. The van der Waals surface area contributed by atoms with Crippen molar-refractivity contribution in [2.45, 2.75) is 0 Å². The highest BCUT2D eigenvalue weighted by Crippen LogP contribution is 2.28. The van der Waals surface area contributed by atoms with E-state index in [9.17, 15) is 0 Å². The summed E-state index contributed by atoms with van der Waals surface area (Å²) in [4.78, 5) is 12.1. The highest BCUT2D eigenvalue weighted by atomic mass is 35.5. The average molecular weight is 335 g/mol. The molecular formula is C17H11ClN6. The Morgan fingerprint density at radius 1 is 1.04 bits per heavy atom. The number of rotatable bonds is 2. The van der Waals surface area contributed by atoms with E-state index in [0.717, 1.165) is 33.3 Å². The molecular weight excluding hydrogens is 324 g/mol. The van der Waals surface area contributed by atoms with E-state index in [1.54, 1.807) is 12.5 Å². The molecule has 0 atom stereocenters. The predicted octanol–water partition coefficient (Wildman–Crippen LogP) is 3.95. The number of H-pyrrole nitrogens is 2. The highest BCUT2D eigenvalue weighted by Gasteiger charge is 2.13. The summed E-state index contributed by atoms with van der Waals surface area (Å²) < 4.78 is 1.95. The second kappa shape index (κ2) is 4.94. The van der Waals surface area contributed by atoms with Gasteiger partial charge in [0.2, 0.25) is 0 Å². The number of fused-ring (bicyclic) bond motifs is 2. The number of benzene rings is 2. The Balaban J connectivity index is 1.68. The SMILES string of the molecule is Clc1ccc2[nH]nc(-c3nc4ccc(-n5ccnc5)cc4[nH]3)c2c1. The van der Waals surface area contributed by atoms with Gasteiger partial charge in [-0.2, -0.15) is 5.10 Å². The van der Waals surface area contributed by atoms with E-state index in [-0.39, 0.29) is 0 Å². The molecule has 0 fully saturated rings. The minimum atomic E-state index is 0.670. The van der Waals surface area contributed by atoms with E-state index >= 15 is 0 Å². The van der Waals surface area contributed by atoms with Crippen LogP contribution in [0.2, 0.25) is 5.02 Å². The van der Waals surface area contributed by atoms with E-state index < -0.39 is 0 Å². The van der Waals surface area contributed by atoms with E-state index in [4.69, 9.17) is 11.6 Å². The molecule has 24 heavy (non-hydrogen) atoms. The van der Waals surface area contributed by atoms with Crippen LogP contribution in [0.3, 0.4) is 0 Å². The van der Waals surface area contributed by atoms with Gasteiger partial charge in [0.1, 0.15) is 5.69 Å². The first-order valence-corrected chi connectivity index (χ1v) is 7.78. The monoisotopic (exact) mass is 334 g/mol. The maximum Gasteiger partial charge on any atom is 0.159 e. The lowest BCUT2D eigenvalue weighted by Crippen LogP contribution is -1.88. The fourth-order valence-electron chi connectivity index (χ4n) is 2.85. The summed E-state index contributed by atoms with van der Waals surface area (Å²) in [6.45, 7) is 0. The fourth-order valence-corrected chi connectivity index (χ4v) is 3.02. The minimum Gasteiger partial charge on any atom is -0.337 e. The van der Waals surface area contributed by atoms with Crippen LogP contribution in [0.1, 0.15) is 0 Å². The van der Waals surface area contributed by atoms with Crippen molar-refractivity contribution >= 4 is 33.5 Å². The first kappa shape index (κ1) is 13.3. The molecule has 0 unspecified atom stereocenters. The summed E-state index contributed by atoms with van der Waals surface area (Å²) in [5.41, 5.74) is 4.52. The molecule has 2 aromatic carbocycles. The van der Waals surface area contributed by atoms with Crippen LogP contribution in [0.4, 0.5) is 0 Å². The van der Waals surface area contributed by atoms with Crippen LogP contribution in [-0.2, 0) is 0 Å². The molecule has 0 aliphatic heterocycles. The first-order chi connectivity index (χ1) is 11.8. The van der Waals surface area contributed by atoms with Gasteiger partial charge in [-0.05, 0) is 36.4 Å². The molecule has 5 aromatic rings. The molecule has 0 aliphatic rings. The number of hydrogen-bond acceptors (Lipinski definition) is 3. The maximum atomic E-state index is 6.11. The summed E-state index contributed by atoms with van der Waals surface area (Å²) >= 11 is 6.11. The lowest BCUT2D eigenvalue weighted by Gasteiger charge is -2.00. The molecule has 3 aromatic heterocycles. The smallest absolute Gasteiger partial charge is 0.159 e. The highest BCUT2D eigenvalue weighted by molar-refractivity contribution is 6.31. The van der Waals surface area contributed by atoms with Crippen molar-refractivity contribution in [2.24, 2.45) is 0 Å². The number of imidazole rings is 2. The Morgan fingerprint density at radius 2 is 2.00 bits per heavy atom. The van der Waals surface area contributed by atoms with Gasteiger partial charge < -0.3 is 9.55 Å². The van der Waals surface area contributed by atoms with Crippen molar-refractivity contribution < 1.29 is 0 Å². The summed E-state index contributed by atoms with van der Waals surface area (Å²) in [6, 6.07) is 11.7. The Labute approximate surface area is 141 Å². The van der Waals surface area contributed by atoms with Crippen LogP contribution in [0.15, 0.2) is 55.1 Å². The van der Waals surface area contributed by atoms with E-state index in [0.29, 0.717) is 10.8 Å². The zero-order valence-corrected chi connectivity index (χ0v) is 13.1. The van der Waals surface area contributed by atoms with Crippen molar-refractivity contribution in [3.8, 4) is 17.2 Å². The summed E-state index contributed by atoms with van der Waals surface area (Å²) in [6.07, 6.45) is 5.42. The van der Waals surface area contributed by atoms with Gasteiger partial charge in [-0.15, -0.1) is 0 Å². The van der Waals surface area contributed by atoms with Crippen molar-refractivity contribution in [1.82, 2.24) is 29.7 Å². The number of aromatic amines is 2. The molecule has 3 heterocycles. The third-order valence-corrected chi connectivity index (χ3v) is 4.25. The van der Waals surface area contributed by atoms with Gasteiger partial charge in [-0.25, -0.2) is 9.97 Å². The molecule has 116 valence electrons. The van der Waals surface area contributed by atoms with E-state index in [2.05, 4.69) is 25.1 Å². The van der Waals surface area contributed by atoms with Crippen LogP contribution in [0.5, 0.6) is 0 Å². The van der Waals surface area contributed by atoms with E-state index in [1.807, 2.05) is 47.2 Å². The van der Waals surface area contributed by atoms with Crippen molar-refractivity contribution in [2.75, 3.05) is 0 Å². The molecule has 5 rings (SSSR count). The molecule has 6 nitrogen and oxygen atoms in total. The number of nitrogens with zero attached hydrogens (tertiary/aromatic N) is 4. The number of aromatic nitrogens is 6. The summed E-state index contributed by atoms with van der Waals surface area (Å²) in [5.74, 6) is 0.710. The fraction of sp³-hybridized carbons (Fsp3) is 0. The molecule has 0 bridgehead atoms. The normalized spacial score (nSPS) is 11.5. The Bertz CT molecular complexity index is 1170. The van der Waals surface area contributed by atoms with Gasteiger partial charge in [-0.1, -0.05) is 11.6 Å². The molecule has 0 amide bonds. The van der Waals surface area contributed by atoms with Crippen molar-refractivity contribution in [1.29, 1.82) is 0 Å². The van der Waals surface area contributed by atoms with Crippen LogP contribution in [0, 0.1) is 0 Å². The second-order valence-corrected chi connectivity index (χ2v) is 5.96.